The number of ether oxygens (including phenoxy) is 1. The first-order chi connectivity index (χ1) is 11.2. The van der Waals surface area contributed by atoms with E-state index in [0.717, 1.165) is 37.4 Å². The van der Waals surface area contributed by atoms with Gasteiger partial charge in [-0.15, -0.1) is 5.10 Å². The average Bonchev–Trinajstić information content (AvgIpc) is 2.62. The molecular formula is C16H20ClN5O. The van der Waals surface area contributed by atoms with Crippen LogP contribution in [0.3, 0.4) is 0 Å². The van der Waals surface area contributed by atoms with E-state index in [-0.39, 0.29) is 0 Å². The second kappa shape index (κ2) is 7.02. The highest BCUT2D eigenvalue weighted by atomic mass is 35.5. The van der Waals surface area contributed by atoms with Crippen LogP contribution in [0, 0.1) is 0 Å². The van der Waals surface area contributed by atoms with E-state index in [1.54, 1.807) is 13.3 Å². The van der Waals surface area contributed by atoms with Crippen molar-refractivity contribution in [2.75, 3.05) is 30.5 Å². The first-order valence-corrected chi connectivity index (χ1v) is 7.97. The lowest BCUT2D eigenvalue weighted by molar-refractivity contribution is 0.414. The minimum Gasteiger partial charge on any atom is -0.497 e. The third-order valence-electron chi connectivity index (χ3n) is 4.33. The summed E-state index contributed by atoms with van der Waals surface area (Å²) in [6, 6.07) is 8.34. The number of halogens is 1. The molecule has 122 valence electrons. The molecule has 1 aliphatic rings. The molecule has 3 N–H and O–H groups in total. The van der Waals surface area contributed by atoms with Gasteiger partial charge in [-0.3, -0.25) is 0 Å². The van der Waals surface area contributed by atoms with Gasteiger partial charge in [0, 0.05) is 13.1 Å². The average molecular weight is 334 g/mol. The van der Waals surface area contributed by atoms with E-state index in [4.69, 9.17) is 22.2 Å². The monoisotopic (exact) mass is 333 g/mol. The molecule has 6 nitrogen and oxygen atoms in total. The molecule has 1 aliphatic heterocycles. The van der Waals surface area contributed by atoms with Crippen molar-refractivity contribution >= 4 is 23.1 Å². The van der Waals surface area contributed by atoms with Crippen LogP contribution in [-0.4, -0.2) is 30.4 Å². The molecule has 1 fully saturated rings. The van der Waals surface area contributed by atoms with Crippen LogP contribution in [-0.2, 0) is 0 Å². The lowest BCUT2D eigenvalue weighted by Gasteiger charge is -2.34. The van der Waals surface area contributed by atoms with Crippen molar-refractivity contribution < 1.29 is 4.74 Å². The molecule has 23 heavy (non-hydrogen) atoms. The molecular weight excluding hydrogens is 314 g/mol. The number of aromatic nitrogens is 2. The number of rotatable bonds is 4. The number of nitrogen functional groups attached to an aromatic ring is 1. The van der Waals surface area contributed by atoms with Gasteiger partial charge >= 0.3 is 0 Å². The van der Waals surface area contributed by atoms with E-state index >= 15 is 0 Å². The Balaban J connectivity index is 1.68. The fourth-order valence-electron chi connectivity index (χ4n) is 3.01. The van der Waals surface area contributed by atoms with Crippen LogP contribution in [0.4, 0.5) is 11.5 Å². The molecule has 1 saturated heterocycles. The van der Waals surface area contributed by atoms with Crippen LogP contribution in [0.2, 0.25) is 5.02 Å². The van der Waals surface area contributed by atoms with E-state index in [0.29, 0.717) is 16.8 Å². The largest absolute Gasteiger partial charge is 0.497 e. The van der Waals surface area contributed by atoms with Crippen molar-refractivity contribution in [2.24, 2.45) is 5.84 Å². The second-order valence-corrected chi connectivity index (χ2v) is 5.95. The molecule has 2 heterocycles. The van der Waals surface area contributed by atoms with Gasteiger partial charge < -0.3 is 15.1 Å². The summed E-state index contributed by atoms with van der Waals surface area (Å²) in [6.45, 7) is 1.85. The van der Waals surface area contributed by atoms with Gasteiger partial charge in [-0.25, -0.2) is 5.84 Å². The molecule has 1 aromatic carbocycles. The Morgan fingerprint density at radius 1 is 1.26 bits per heavy atom. The topological polar surface area (TPSA) is 76.3 Å². The number of nitrogens with zero attached hydrogens (tertiary/aromatic N) is 3. The Kier molecular flexibility index (Phi) is 4.83. The minimum atomic E-state index is 0.404. The molecule has 0 unspecified atom stereocenters. The zero-order valence-electron chi connectivity index (χ0n) is 13.0. The standard InChI is InChI=1S/C16H20ClN5O/c1-23-13-4-2-11(3-5-13)12-6-8-22(9-7-12)14-10-19-21-16(20-18)15(14)17/h2-5,10,12H,6-9,18H2,1H3,(H,20,21). The number of hydrazine groups is 1. The van der Waals surface area contributed by atoms with Crippen molar-refractivity contribution in [1.29, 1.82) is 0 Å². The van der Waals surface area contributed by atoms with Gasteiger partial charge in [-0.2, -0.15) is 5.10 Å². The van der Waals surface area contributed by atoms with Gasteiger partial charge in [-0.05, 0) is 36.5 Å². The minimum absolute atomic E-state index is 0.404. The van der Waals surface area contributed by atoms with E-state index in [9.17, 15) is 0 Å². The Bertz CT molecular complexity index is 656. The van der Waals surface area contributed by atoms with Gasteiger partial charge in [0.05, 0.1) is 19.0 Å². The van der Waals surface area contributed by atoms with E-state index in [1.807, 2.05) is 12.1 Å². The summed E-state index contributed by atoms with van der Waals surface area (Å²) < 4.78 is 5.21. The summed E-state index contributed by atoms with van der Waals surface area (Å²) >= 11 is 6.33. The van der Waals surface area contributed by atoms with Gasteiger partial charge in [0.1, 0.15) is 10.8 Å². The second-order valence-electron chi connectivity index (χ2n) is 5.57. The molecule has 0 aliphatic carbocycles. The molecule has 0 saturated carbocycles. The molecule has 3 rings (SSSR count). The number of methoxy groups -OCH3 is 1. The molecule has 0 amide bonds. The molecule has 2 aromatic rings. The normalized spacial score (nSPS) is 15.5. The summed E-state index contributed by atoms with van der Waals surface area (Å²) in [4.78, 5) is 2.23. The fourth-order valence-corrected chi connectivity index (χ4v) is 3.27. The van der Waals surface area contributed by atoms with Crippen molar-refractivity contribution in [2.45, 2.75) is 18.8 Å². The van der Waals surface area contributed by atoms with Crippen molar-refractivity contribution in [3.05, 3.63) is 41.0 Å². The van der Waals surface area contributed by atoms with Crippen LogP contribution in [0.5, 0.6) is 5.75 Å². The number of piperidine rings is 1. The summed E-state index contributed by atoms with van der Waals surface area (Å²) in [5.74, 6) is 7.25. The Morgan fingerprint density at radius 3 is 2.57 bits per heavy atom. The number of benzene rings is 1. The molecule has 0 atom stereocenters. The number of nitrogens with two attached hydrogens (primary N) is 1. The van der Waals surface area contributed by atoms with E-state index in [1.165, 1.54) is 5.56 Å². The number of nitrogens with one attached hydrogen (secondary N) is 1. The number of hydrogen-bond acceptors (Lipinski definition) is 6. The maximum absolute atomic E-state index is 6.33. The zero-order valence-corrected chi connectivity index (χ0v) is 13.8. The molecule has 1 aromatic heterocycles. The van der Waals surface area contributed by atoms with Crippen LogP contribution >= 0.6 is 11.6 Å². The molecule has 0 spiro atoms. The maximum Gasteiger partial charge on any atom is 0.183 e. The predicted molar refractivity (Wildman–Crippen MR) is 92.0 cm³/mol. The van der Waals surface area contributed by atoms with Crippen LogP contribution < -0.4 is 20.9 Å². The van der Waals surface area contributed by atoms with Gasteiger partial charge in [0.15, 0.2) is 5.82 Å². The SMILES string of the molecule is COc1ccc(C2CCN(c3cnnc(NN)c3Cl)CC2)cc1. The van der Waals surface area contributed by atoms with Crippen molar-refractivity contribution in [3.8, 4) is 5.75 Å². The summed E-state index contributed by atoms with van der Waals surface area (Å²) in [6.07, 6.45) is 3.82. The van der Waals surface area contributed by atoms with Crippen molar-refractivity contribution in [1.82, 2.24) is 10.2 Å². The van der Waals surface area contributed by atoms with Gasteiger partial charge in [-0.1, -0.05) is 23.7 Å². The quantitative estimate of drug-likeness (QED) is 0.662. The third-order valence-corrected chi connectivity index (χ3v) is 4.70. The summed E-state index contributed by atoms with van der Waals surface area (Å²) in [7, 11) is 1.68. The Labute approximate surface area is 140 Å². The van der Waals surface area contributed by atoms with Crippen LogP contribution in [0.25, 0.3) is 0 Å². The Morgan fingerprint density at radius 2 is 1.96 bits per heavy atom. The first-order valence-electron chi connectivity index (χ1n) is 7.59. The van der Waals surface area contributed by atoms with E-state index < -0.39 is 0 Å². The maximum atomic E-state index is 6.33. The van der Waals surface area contributed by atoms with Gasteiger partial charge in [0.25, 0.3) is 0 Å². The summed E-state index contributed by atoms with van der Waals surface area (Å²) in [5, 5.41) is 8.35. The molecule has 0 radical (unpaired) electrons. The third kappa shape index (κ3) is 3.33. The highest BCUT2D eigenvalue weighted by Crippen LogP contribution is 2.35. The smallest absolute Gasteiger partial charge is 0.183 e. The van der Waals surface area contributed by atoms with Crippen LogP contribution in [0.1, 0.15) is 24.3 Å². The fraction of sp³-hybridized carbons (Fsp3) is 0.375. The van der Waals surface area contributed by atoms with Crippen molar-refractivity contribution in [3.63, 3.8) is 0 Å². The number of hydrogen-bond donors (Lipinski definition) is 2. The lowest BCUT2D eigenvalue weighted by Crippen LogP contribution is -2.33. The highest BCUT2D eigenvalue weighted by Gasteiger charge is 2.23. The number of anilines is 2. The van der Waals surface area contributed by atoms with Crippen LogP contribution in [0.15, 0.2) is 30.5 Å². The first kappa shape index (κ1) is 15.8. The van der Waals surface area contributed by atoms with Gasteiger partial charge in [0.2, 0.25) is 0 Å². The Hall–Kier alpha value is -2.05. The predicted octanol–water partition coefficient (Wildman–Crippen LogP) is 2.81. The highest BCUT2D eigenvalue weighted by molar-refractivity contribution is 6.35. The zero-order chi connectivity index (χ0) is 16.2. The molecule has 7 heteroatoms. The molecule has 0 bridgehead atoms. The summed E-state index contributed by atoms with van der Waals surface area (Å²) in [5.41, 5.74) is 4.71. The lowest BCUT2D eigenvalue weighted by atomic mass is 9.89. The van der Waals surface area contributed by atoms with E-state index in [2.05, 4.69) is 32.7 Å².